The molecule has 17 heavy (non-hydrogen) atoms. The summed E-state index contributed by atoms with van der Waals surface area (Å²) in [5.74, 6) is -0.0755. The highest BCUT2D eigenvalue weighted by Gasteiger charge is 2.16. The normalized spacial score (nSPS) is 10.5. The van der Waals surface area contributed by atoms with Crippen molar-refractivity contribution in [1.29, 1.82) is 0 Å². The van der Waals surface area contributed by atoms with E-state index < -0.39 is 0 Å². The van der Waals surface area contributed by atoms with E-state index in [1.165, 1.54) is 11.3 Å². The van der Waals surface area contributed by atoms with Crippen molar-refractivity contribution in [2.75, 3.05) is 0 Å². The summed E-state index contributed by atoms with van der Waals surface area (Å²) >= 11 is 13.0. The Labute approximate surface area is 114 Å². The van der Waals surface area contributed by atoms with Crippen LogP contribution in [0.5, 0.6) is 0 Å². The summed E-state index contributed by atoms with van der Waals surface area (Å²) in [7, 11) is 0. The van der Waals surface area contributed by atoms with Crippen LogP contribution in [-0.4, -0.2) is 5.78 Å². The molecule has 4 heteroatoms. The van der Waals surface area contributed by atoms with Crippen LogP contribution in [-0.2, 0) is 6.42 Å². The summed E-state index contributed by atoms with van der Waals surface area (Å²) < 4.78 is 0.979. The monoisotopic (exact) mass is 284 g/mol. The van der Waals surface area contributed by atoms with E-state index in [0.29, 0.717) is 19.8 Å². The molecule has 0 aliphatic carbocycles. The SMILES string of the molecule is CCc1cccc(C(=O)c2cc(Cl)sc2Cl)c1. The molecule has 0 bridgehead atoms. The molecule has 0 aliphatic heterocycles. The molecule has 0 N–H and O–H groups in total. The molecule has 1 heterocycles. The molecule has 0 saturated carbocycles. The third kappa shape index (κ3) is 2.71. The van der Waals surface area contributed by atoms with Crippen molar-refractivity contribution in [1.82, 2.24) is 0 Å². The summed E-state index contributed by atoms with van der Waals surface area (Å²) in [6, 6.07) is 9.19. The van der Waals surface area contributed by atoms with Gasteiger partial charge in [-0.1, -0.05) is 48.3 Å². The van der Waals surface area contributed by atoms with Gasteiger partial charge in [-0.3, -0.25) is 4.79 Å². The van der Waals surface area contributed by atoms with Gasteiger partial charge < -0.3 is 0 Å². The Kier molecular flexibility index (Phi) is 3.87. The fraction of sp³-hybridized carbons (Fsp3) is 0.154. The molecule has 0 spiro atoms. The maximum atomic E-state index is 12.2. The second-order valence-electron chi connectivity index (χ2n) is 3.62. The average Bonchev–Trinajstić information content (AvgIpc) is 2.67. The van der Waals surface area contributed by atoms with Crippen LogP contribution < -0.4 is 0 Å². The number of carbonyl (C=O) groups is 1. The molecule has 0 amide bonds. The predicted molar refractivity (Wildman–Crippen MR) is 73.6 cm³/mol. The first kappa shape index (κ1) is 12.6. The number of hydrogen-bond acceptors (Lipinski definition) is 2. The smallest absolute Gasteiger partial charge is 0.195 e. The molecule has 0 atom stereocenters. The van der Waals surface area contributed by atoms with E-state index in [0.717, 1.165) is 12.0 Å². The number of ketones is 1. The van der Waals surface area contributed by atoms with E-state index in [1.54, 1.807) is 12.1 Å². The van der Waals surface area contributed by atoms with E-state index in [-0.39, 0.29) is 5.78 Å². The zero-order chi connectivity index (χ0) is 12.4. The number of carbonyl (C=O) groups excluding carboxylic acids is 1. The predicted octanol–water partition coefficient (Wildman–Crippen LogP) is 4.85. The molecule has 0 radical (unpaired) electrons. The Morgan fingerprint density at radius 1 is 1.29 bits per heavy atom. The molecule has 0 aliphatic rings. The zero-order valence-electron chi connectivity index (χ0n) is 9.17. The Morgan fingerprint density at radius 2 is 2.06 bits per heavy atom. The van der Waals surface area contributed by atoms with Gasteiger partial charge in [-0.15, -0.1) is 11.3 Å². The van der Waals surface area contributed by atoms with Gasteiger partial charge in [-0.05, 0) is 24.1 Å². The van der Waals surface area contributed by atoms with Crippen LogP contribution >= 0.6 is 34.5 Å². The molecule has 0 unspecified atom stereocenters. The summed E-state index contributed by atoms with van der Waals surface area (Å²) in [4.78, 5) is 12.2. The first-order valence-corrected chi connectivity index (χ1v) is 6.77. The van der Waals surface area contributed by atoms with Gasteiger partial charge in [0.05, 0.1) is 9.90 Å². The quantitative estimate of drug-likeness (QED) is 0.737. The van der Waals surface area contributed by atoms with E-state index in [9.17, 15) is 4.79 Å². The second kappa shape index (κ2) is 5.21. The minimum absolute atomic E-state index is 0.0755. The molecular weight excluding hydrogens is 275 g/mol. The fourth-order valence-corrected chi connectivity index (χ4v) is 3.04. The standard InChI is InChI=1S/C13H10Cl2OS/c1-2-8-4-3-5-9(6-8)12(16)10-7-11(14)17-13(10)15/h3-7H,2H2,1H3. The van der Waals surface area contributed by atoms with E-state index in [2.05, 4.69) is 6.92 Å². The molecule has 1 aromatic carbocycles. The van der Waals surface area contributed by atoms with E-state index >= 15 is 0 Å². The van der Waals surface area contributed by atoms with Crippen LogP contribution in [0.25, 0.3) is 0 Å². The highest BCUT2D eigenvalue weighted by molar-refractivity contribution is 7.20. The third-order valence-corrected chi connectivity index (χ3v) is 3.99. The lowest BCUT2D eigenvalue weighted by molar-refractivity contribution is 0.103. The fourth-order valence-electron chi connectivity index (χ4n) is 1.58. The molecule has 0 saturated heterocycles. The van der Waals surface area contributed by atoms with Gasteiger partial charge in [-0.2, -0.15) is 0 Å². The second-order valence-corrected chi connectivity index (χ2v) is 5.91. The number of hydrogen-bond donors (Lipinski definition) is 0. The topological polar surface area (TPSA) is 17.1 Å². The average molecular weight is 285 g/mol. The number of aryl methyl sites for hydroxylation is 1. The molecule has 2 rings (SSSR count). The number of thiophene rings is 1. The van der Waals surface area contributed by atoms with Crippen LogP contribution in [0.3, 0.4) is 0 Å². The van der Waals surface area contributed by atoms with Crippen molar-refractivity contribution < 1.29 is 4.79 Å². The lowest BCUT2D eigenvalue weighted by Crippen LogP contribution is -2.00. The molecule has 2 aromatic rings. The third-order valence-electron chi connectivity index (χ3n) is 2.50. The molecule has 1 aromatic heterocycles. The van der Waals surface area contributed by atoms with Gasteiger partial charge in [0.1, 0.15) is 4.34 Å². The number of halogens is 2. The van der Waals surface area contributed by atoms with Gasteiger partial charge in [0.25, 0.3) is 0 Å². The highest BCUT2D eigenvalue weighted by Crippen LogP contribution is 2.32. The summed E-state index contributed by atoms with van der Waals surface area (Å²) in [5.41, 5.74) is 2.27. The van der Waals surface area contributed by atoms with Gasteiger partial charge in [0.2, 0.25) is 0 Å². The molecule has 1 nitrogen and oxygen atoms in total. The Hall–Kier alpha value is -0.830. The van der Waals surface area contributed by atoms with Gasteiger partial charge >= 0.3 is 0 Å². The Bertz CT molecular complexity index is 560. The largest absolute Gasteiger partial charge is 0.289 e. The van der Waals surface area contributed by atoms with Crippen LogP contribution in [0.1, 0.15) is 28.4 Å². The molecule has 0 fully saturated rings. The Balaban J connectivity index is 2.40. The lowest BCUT2D eigenvalue weighted by atomic mass is 10.0. The van der Waals surface area contributed by atoms with Crippen molar-refractivity contribution in [3.8, 4) is 0 Å². The van der Waals surface area contributed by atoms with Gasteiger partial charge in [0.15, 0.2) is 5.78 Å². The maximum Gasteiger partial charge on any atom is 0.195 e. The van der Waals surface area contributed by atoms with E-state index in [1.807, 2.05) is 18.2 Å². The van der Waals surface area contributed by atoms with Crippen LogP contribution in [0.2, 0.25) is 8.67 Å². The first-order valence-electron chi connectivity index (χ1n) is 5.20. The van der Waals surface area contributed by atoms with Gasteiger partial charge in [-0.25, -0.2) is 0 Å². The van der Waals surface area contributed by atoms with Crippen molar-refractivity contribution in [2.45, 2.75) is 13.3 Å². The van der Waals surface area contributed by atoms with Gasteiger partial charge in [0, 0.05) is 5.56 Å². The van der Waals surface area contributed by atoms with Crippen LogP contribution in [0.4, 0.5) is 0 Å². The lowest BCUT2D eigenvalue weighted by Gasteiger charge is -2.02. The summed E-state index contributed by atoms with van der Waals surface area (Å²) in [6.45, 7) is 2.05. The van der Waals surface area contributed by atoms with Crippen LogP contribution in [0.15, 0.2) is 30.3 Å². The van der Waals surface area contributed by atoms with Crippen molar-refractivity contribution in [3.05, 3.63) is 55.7 Å². The summed E-state index contributed by atoms with van der Waals surface area (Å²) in [6.07, 6.45) is 0.902. The molecular formula is C13H10Cl2OS. The van der Waals surface area contributed by atoms with Crippen molar-refractivity contribution in [3.63, 3.8) is 0 Å². The summed E-state index contributed by atoms with van der Waals surface area (Å²) in [5, 5.41) is 0. The maximum absolute atomic E-state index is 12.2. The number of benzene rings is 1. The van der Waals surface area contributed by atoms with Crippen molar-refractivity contribution >= 4 is 40.3 Å². The zero-order valence-corrected chi connectivity index (χ0v) is 11.5. The first-order chi connectivity index (χ1) is 8.11. The minimum atomic E-state index is -0.0755. The van der Waals surface area contributed by atoms with E-state index in [4.69, 9.17) is 23.2 Å². The highest BCUT2D eigenvalue weighted by atomic mass is 35.5. The van der Waals surface area contributed by atoms with Crippen molar-refractivity contribution in [2.24, 2.45) is 0 Å². The Morgan fingerprint density at radius 3 is 2.65 bits per heavy atom. The minimum Gasteiger partial charge on any atom is -0.289 e. The van der Waals surface area contributed by atoms with Crippen LogP contribution in [0, 0.1) is 0 Å². The molecule has 88 valence electrons. The number of rotatable bonds is 3.